The van der Waals surface area contributed by atoms with Gasteiger partial charge in [0.2, 0.25) is 0 Å². The van der Waals surface area contributed by atoms with E-state index in [-0.39, 0.29) is 5.69 Å². The van der Waals surface area contributed by atoms with Crippen molar-refractivity contribution in [1.29, 1.82) is 0 Å². The number of benzene rings is 2. The van der Waals surface area contributed by atoms with Gasteiger partial charge in [-0.2, -0.15) is 0 Å². The molecule has 0 saturated carbocycles. The molecule has 124 valence electrons. The molecule has 0 aliphatic rings. The Morgan fingerprint density at radius 2 is 2.00 bits per heavy atom. The van der Waals surface area contributed by atoms with Gasteiger partial charge in [-0.3, -0.25) is 4.57 Å². The monoisotopic (exact) mass is 328 g/mol. The number of nitrogens with one attached hydrogen (secondary N) is 3. The molecule has 3 aromatic rings. The van der Waals surface area contributed by atoms with Gasteiger partial charge in [-0.1, -0.05) is 18.2 Å². The molecule has 0 fully saturated rings. The minimum Gasteiger partial charge on any atom is -0.338 e. The number of carbonyl (C=O) groups excluding carboxylic acids is 1. The van der Waals surface area contributed by atoms with Gasteiger partial charge in [0, 0.05) is 18.8 Å². The van der Waals surface area contributed by atoms with Crippen LogP contribution in [0.25, 0.3) is 11.0 Å². The van der Waals surface area contributed by atoms with E-state index >= 15 is 0 Å². The van der Waals surface area contributed by atoms with Gasteiger partial charge in [0.1, 0.15) is 5.82 Å². The SMILES string of the molecule is O=C(NCCCn1c(=O)[nH]c2ccccc21)Nc1cccc(F)c1. The number of anilines is 1. The van der Waals surface area contributed by atoms with Gasteiger partial charge in [0.15, 0.2) is 0 Å². The summed E-state index contributed by atoms with van der Waals surface area (Å²) < 4.78 is 14.7. The fraction of sp³-hybridized carbons (Fsp3) is 0.176. The molecular formula is C17H17FN4O2. The number of fused-ring (bicyclic) bond motifs is 1. The van der Waals surface area contributed by atoms with Crippen LogP contribution in [0.1, 0.15) is 6.42 Å². The van der Waals surface area contributed by atoms with E-state index < -0.39 is 11.8 Å². The normalized spacial score (nSPS) is 10.7. The standard InChI is InChI=1S/C17H17FN4O2/c18-12-5-3-6-13(11-12)20-16(23)19-9-4-10-22-15-8-2-1-7-14(15)21-17(22)24/h1-3,5-8,11H,4,9-10H2,(H,21,24)(H2,19,20,23). The molecule has 0 radical (unpaired) electrons. The van der Waals surface area contributed by atoms with E-state index in [1.165, 1.54) is 18.2 Å². The molecule has 0 unspecified atom stereocenters. The zero-order chi connectivity index (χ0) is 16.9. The van der Waals surface area contributed by atoms with Crippen LogP contribution >= 0.6 is 0 Å². The fourth-order valence-corrected chi connectivity index (χ4v) is 2.51. The largest absolute Gasteiger partial charge is 0.338 e. The van der Waals surface area contributed by atoms with Crippen molar-refractivity contribution in [1.82, 2.24) is 14.9 Å². The molecule has 0 bridgehead atoms. The van der Waals surface area contributed by atoms with Gasteiger partial charge in [0.25, 0.3) is 0 Å². The minimum atomic E-state index is -0.411. The Kier molecular flexibility index (Phi) is 4.60. The van der Waals surface area contributed by atoms with Gasteiger partial charge >= 0.3 is 11.7 Å². The van der Waals surface area contributed by atoms with E-state index in [0.29, 0.717) is 25.2 Å². The van der Waals surface area contributed by atoms with E-state index in [0.717, 1.165) is 11.0 Å². The smallest absolute Gasteiger partial charge is 0.326 e. The number of hydrogen-bond donors (Lipinski definition) is 3. The van der Waals surface area contributed by atoms with Gasteiger partial charge in [0.05, 0.1) is 11.0 Å². The second kappa shape index (κ2) is 6.99. The molecule has 3 rings (SSSR count). The Morgan fingerprint density at radius 3 is 2.83 bits per heavy atom. The van der Waals surface area contributed by atoms with Crippen molar-refractivity contribution in [2.24, 2.45) is 0 Å². The number of amides is 2. The van der Waals surface area contributed by atoms with E-state index in [1.807, 2.05) is 24.3 Å². The fourth-order valence-electron chi connectivity index (χ4n) is 2.51. The highest BCUT2D eigenvalue weighted by Gasteiger charge is 2.06. The highest BCUT2D eigenvalue weighted by Crippen LogP contribution is 2.10. The Morgan fingerprint density at radius 1 is 1.17 bits per heavy atom. The van der Waals surface area contributed by atoms with Crippen LogP contribution in [0.3, 0.4) is 0 Å². The maximum atomic E-state index is 13.0. The highest BCUT2D eigenvalue weighted by molar-refractivity contribution is 5.89. The second-order valence-electron chi connectivity index (χ2n) is 5.34. The summed E-state index contributed by atoms with van der Waals surface area (Å²) in [6, 6.07) is 12.7. The summed E-state index contributed by atoms with van der Waals surface area (Å²) in [7, 11) is 0. The van der Waals surface area contributed by atoms with Crippen LogP contribution in [0.2, 0.25) is 0 Å². The lowest BCUT2D eigenvalue weighted by Gasteiger charge is -2.08. The number of aromatic amines is 1. The van der Waals surface area contributed by atoms with Gasteiger partial charge in [-0.05, 0) is 36.8 Å². The average Bonchev–Trinajstić information content (AvgIpc) is 2.87. The van der Waals surface area contributed by atoms with Crippen molar-refractivity contribution in [3.63, 3.8) is 0 Å². The number of aryl methyl sites for hydroxylation is 1. The lowest BCUT2D eigenvalue weighted by Crippen LogP contribution is -2.30. The molecular weight excluding hydrogens is 311 g/mol. The number of H-pyrrole nitrogens is 1. The molecule has 0 spiro atoms. The maximum Gasteiger partial charge on any atom is 0.326 e. The van der Waals surface area contributed by atoms with Crippen LogP contribution in [0.4, 0.5) is 14.9 Å². The molecule has 7 heteroatoms. The number of nitrogens with zero attached hydrogens (tertiary/aromatic N) is 1. The number of urea groups is 1. The number of para-hydroxylation sites is 2. The van der Waals surface area contributed by atoms with Crippen molar-refractivity contribution in [2.45, 2.75) is 13.0 Å². The zero-order valence-corrected chi connectivity index (χ0v) is 12.9. The number of aromatic nitrogens is 2. The summed E-state index contributed by atoms with van der Waals surface area (Å²) in [4.78, 5) is 26.4. The maximum absolute atomic E-state index is 13.0. The van der Waals surface area contributed by atoms with Crippen LogP contribution < -0.4 is 16.3 Å². The minimum absolute atomic E-state index is 0.166. The quantitative estimate of drug-likeness (QED) is 0.630. The molecule has 0 saturated heterocycles. The summed E-state index contributed by atoms with van der Waals surface area (Å²) in [6.45, 7) is 0.885. The van der Waals surface area contributed by atoms with E-state index in [2.05, 4.69) is 15.6 Å². The molecule has 24 heavy (non-hydrogen) atoms. The third-order valence-electron chi connectivity index (χ3n) is 3.61. The van der Waals surface area contributed by atoms with Crippen molar-refractivity contribution >= 4 is 22.8 Å². The zero-order valence-electron chi connectivity index (χ0n) is 12.9. The highest BCUT2D eigenvalue weighted by atomic mass is 19.1. The lowest BCUT2D eigenvalue weighted by atomic mass is 10.3. The van der Waals surface area contributed by atoms with Crippen molar-refractivity contribution in [3.05, 3.63) is 64.8 Å². The molecule has 0 aliphatic carbocycles. The molecule has 6 nitrogen and oxygen atoms in total. The molecule has 1 heterocycles. The third kappa shape index (κ3) is 3.62. The Labute approximate surface area is 137 Å². The van der Waals surface area contributed by atoms with Gasteiger partial charge in [-0.25, -0.2) is 14.0 Å². The third-order valence-corrected chi connectivity index (χ3v) is 3.61. The van der Waals surface area contributed by atoms with Crippen LogP contribution in [-0.2, 0) is 6.54 Å². The molecule has 2 aromatic carbocycles. The molecule has 1 aromatic heterocycles. The molecule has 0 atom stereocenters. The van der Waals surface area contributed by atoms with Crippen molar-refractivity contribution < 1.29 is 9.18 Å². The summed E-state index contributed by atoms with van der Waals surface area (Å²) >= 11 is 0. The first-order chi connectivity index (χ1) is 11.6. The van der Waals surface area contributed by atoms with Crippen LogP contribution in [0, 0.1) is 5.82 Å². The number of hydrogen-bond acceptors (Lipinski definition) is 2. The first kappa shape index (κ1) is 15.8. The summed E-state index contributed by atoms with van der Waals surface area (Å²) in [5.74, 6) is -0.411. The molecule has 0 aliphatic heterocycles. The van der Waals surface area contributed by atoms with Crippen LogP contribution in [-0.4, -0.2) is 22.1 Å². The first-order valence-corrected chi connectivity index (χ1v) is 7.61. The molecule has 3 N–H and O–H groups in total. The van der Waals surface area contributed by atoms with Gasteiger partial charge < -0.3 is 15.6 Å². The van der Waals surface area contributed by atoms with Crippen molar-refractivity contribution in [2.75, 3.05) is 11.9 Å². The van der Waals surface area contributed by atoms with E-state index in [9.17, 15) is 14.0 Å². The van der Waals surface area contributed by atoms with Crippen LogP contribution in [0.15, 0.2) is 53.3 Å². The Bertz CT molecular complexity index is 916. The predicted molar refractivity (Wildman–Crippen MR) is 90.6 cm³/mol. The average molecular weight is 328 g/mol. The van der Waals surface area contributed by atoms with Gasteiger partial charge in [-0.15, -0.1) is 0 Å². The summed E-state index contributed by atoms with van der Waals surface area (Å²) in [6.07, 6.45) is 0.596. The van der Waals surface area contributed by atoms with E-state index in [4.69, 9.17) is 0 Å². The molecule has 2 amide bonds. The topological polar surface area (TPSA) is 78.9 Å². The number of carbonyl (C=O) groups is 1. The summed E-state index contributed by atoms with van der Waals surface area (Å²) in [5.41, 5.74) is 1.85. The van der Waals surface area contributed by atoms with E-state index in [1.54, 1.807) is 10.6 Å². The Balaban J connectivity index is 1.50. The van der Waals surface area contributed by atoms with Crippen LogP contribution in [0.5, 0.6) is 0 Å². The lowest BCUT2D eigenvalue weighted by molar-refractivity contribution is 0.252. The number of halogens is 1. The number of imidazole rings is 1. The van der Waals surface area contributed by atoms with Crippen molar-refractivity contribution in [3.8, 4) is 0 Å². The summed E-state index contributed by atoms with van der Waals surface area (Å²) in [5, 5.41) is 5.24. The predicted octanol–water partition coefficient (Wildman–Crippen LogP) is 2.68. The number of rotatable bonds is 5. The second-order valence-corrected chi connectivity index (χ2v) is 5.34. The Hall–Kier alpha value is -3.09. The first-order valence-electron chi connectivity index (χ1n) is 7.61.